The number of aliphatic carboxylic acids is 1. The fraction of sp³-hybridized carbons (Fsp3) is 0.444. The maximum atomic E-state index is 12.9. The van der Waals surface area contributed by atoms with Crippen molar-refractivity contribution in [2.24, 2.45) is 11.8 Å². The highest BCUT2D eigenvalue weighted by Crippen LogP contribution is 2.29. The molecule has 2 aliphatic rings. The van der Waals surface area contributed by atoms with Gasteiger partial charge in [-0.05, 0) is 132 Å². The second-order valence-corrected chi connectivity index (χ2v) is 19.1. The molecule has 2 heterocycles. The van der Waals surface area contributed by atoms with Gasteiger partial charge in [0.15, 0.2) is 0 Å². The Labute approximate surface area is 428 Å². The normalized spacial score (nSPS) is 15.7. The van der Waals surface area contributed by atoms with Crippen molar-refractivity contribution in [2.75, 3.05) is 33.7 Å². The number of carbonyl (C=O) groups excluding carboxylic acids is 5. The van der Waals surface area contributed by atoms with Crippen LogP contribution in [0.5, 0.6) is 11.5 Å². The summed E-state index contributed by atoms with van der Waals surface area (Å²) in [6.07, 6.45) is 4.08. The first-order valence-corrected chi connectivity index (χ1v) is 24.9. The fourth-order valence-electron chi connectivity index (χ4n) is 8.28. The van der Waals surface area contributed by atoms with Crippen molar-refractivity contribution in [3.8, 4) is 11.5 Å². The minimum absolute atomic E-state index is 0.00697. The average molecular weight is 1020 g/mol. The SMILES string of the molecule is CC(=O)O.CNC(=O)[C@H](CC1CCN(Cc2ccccc2)C(=O)C1)NC(=O)c1ccc(OC(C)C)c(Cl)c1.CNC(=O)[C@H](CC1CCN(Cc2ccccc2)CC1)NC(=O)c1ccc(OC(C)C)c(Cl)c1. The number of nitrogens with one attached hydrogen (secondary N) is 4. The molecule has 71 heavy (non-hydrogen) atoms. The number of piperidine rings is 2. The number of nitrogens with zero attached hydrogens (tertiary/aromatic N) is 2. The van der Waals surface area contributed by atoms with Gasteiger partial charge >= 0.3 is 0 Å². The summed E-state index contributed by atoms with van der Waals surface area (Å²) in [5, 5.41) is 19.1. The monoisotopic (exact) mass is 1020 g/mol. The van der Waals surface area contributed by atoms with Crippen LogP contribution in [0.4, 0.5) is 0 Å². The Morgan fingerprint density at radius 1 is 0.634 bits per heavy atom. The number of ether oxygens (including phenoxy) is 2. The van der Waals surface area contributed by atoms with Gasteiger partial charge in [-0.2, -0.15) is 0 Å². The van der Waals surface area contributed by atoms with E-state index in [2.05, 4.69) is 50.4 Å². The van der Waals surface area contributed by atoms with Crippen molar-refractivity contribution < 1.29 is 43.3 Å². The lowest BCUT2D eigenvalue weighted by molar-refractivity contribution is -0.136. The van der Waals surface area contributed by atoms with Gasteiger partial charge in [0.2, 0.25) is 17.7 Å². The Kier molecular flexibility index (Phi) is 23.7. The van der Waals surface area contributed by atoms with Crippen molar-refractivity contribution in [1.29, 1.82) is 0 Å². The van der Waals surface area contributed by atoms with Gasteiger partial charge in [-0.1, -0.05) is 83.9 Å². The van der Waals surface area contributed by atoms with Gasteiger partial charge in [-0.15, -0.1) is 0 Å². The Bertz CT molecular complexity index is 2360. The van der Waals surface area contributed by atoms with Crippen LogP contribution in [0, 0.1) is 11.8 Å². The molecule has 0 bridgehead atoms. The summed E-state index contributed by atoms with van der Waals surface area (Å²) in [7, 11) is 3.13. The lowest BCUT2D eigenvalue weighted by Crippen LogP contribution is -2.48. The number of halogens is 2. The summed E-state index contributed by atoms with van der Waals surface area (Å²) in [4.78, 5) is 76.8. The largest absolute Gasteiger partial charge is 0.489 e. The van der Waals surface area contributed by atoms with Crippen LogP contribution in [0.25, 0.3) is 0 Å². The minimum atomic E-state index is -0.833. The second-order valence-electron chi connectivity index (χ2n) is 18.3. The number of carboxylic acids is 1. The summed E-state index contributed by atoms with van der Waals surface area (Å²) in [5.74, 6) is -0.542. The summed E-state index contributed by atoms with van der Waals surface area (Å²) < 4.78 is 11.2. The molecule has 2 aliphatic heterocycles. The molecule has 0 radical (unpaired) electrons. The van der Waals surface area contributed by atoms with Gasteiger partial charge < -0.3 is 40.7 Å². The van der Waals surface area contributed by atoms with E-state index < -0.39 is 24.0 Å². The van der Waals surface area contributed by atoms with Gasteiger partial charge in [0, 0.05) is 58.2 Å². The number of benzene rings is 4. The summed E-state index contributed by atoms with van der Waals surface area (Å²) in [6, 6.07) is 28.7. The summed E-state index contributed by atoms with van der Waals surface area (Å²) in [5.41, 5.74) is 3.15. The van der Waals surface area contributed by atoms with Crippen molar-refractivity contribution in [3.05, 3.63) is 129 Å². The van der Waals surface area contributed by atoms with Gasteiger partial charge in [0.25, 0.3) is 17.8 Å². The lowest BCUT2D eigenvalue weighted by atomic mass is 9.89. The molecule has 2 fully saturated rings. The maximum absolute atomic E-state index is 12.9. The van der Waals surface area contributed by atoms with Crippen LogP contribution in [-0.2, 0) is 32.3 Å². The molecule has 384 valence electrons. The number of hydrogen-bond acceptors (Lipinski definition) is 9. The molecular formula is C54H70Cl2N6O9. The fourth-order valence-corrected chi connectivity index (χ4v) is 8.73. The highest BCUT2D eigenvalue weighted by Gasteiger charge is 2.32. The molecule has 5 N–H and O–H groups in total. The third-order valence-corrected chi connectivity index (χ3v) is 12.4. The van der Waals surface area contributed by atoms with Crippen LogP contribution in [0.15, 0.2) is 97.1 Å². The minimum Gasteiger partial charge on any atom is -0.489 e. The molecule has 6 rings (SSSR count). The number of likely N-dealkylation sites (N-methyl/N-ethyl adjacent to an activating group) is 2. The molecule has 4 aromatic carbocycles. The molecule has 4 aromatic rings. The van der Waals surface area contributed by atoms with Crippen LogP contribution < -0.4 is 30.7 Å². The predicted molar refractivity (Wildman–Crippen MR) is 277 cm³/mol. The van der Waals surface area contributed by atoms with E-state index in [-0.39, 0.29) is 41.8 Å². The van der Waals surface area contributed by atoms with Crippen molar-refractivity contribution in [3.63, 3.8) is 0 Å². The molecule has 2 saturated heterocycles. The third kappa shape index (κ3) is 19.9. The zero-order valence-corrected chi connectivity index (χ0v) is 43.4. The molecule has 0 saturated carbocycles. The molecule has 3 atom stereocenters. The summed E-state index contributed by atoms with van der Waals surface area (Å²) >= 11 is 12.5. The Balaban J connectivity index is 0.000000287. The molecular weight excluding hydrogens is 948 g/mol. The van der Waals surface area contributed by atoms with E-state index in [0.29, 0.717) is 70.9 Å². The topological polar surface area (TPSA) is 196 Å². The zero-order chi connectivity index (χ0) is 52.0. The number of amides is 5. The molecule has 0 spiro atoms. The first-order valence-electron chi connectivity index (χ1n) is 24.1. The van der Waals surface area contributed by atoms with Crippen LogP contribution in [0.3, 0.4) is 0 Å². The number of hydrogen-bond donors (Lipinski definition) is 5. The average Bonchev–Trinajstić information content (AvgIpc) is 3.33. The quantitative estimate of drug-likeness (QED) is 0.0649. The molecule has 0 aromatic heterocycles. The molecule has 0 aliphatic carbocycles. The first-order chi connectivity index (χ1) is 33.8. The highest BCUT2D eigenvalue weighted by molar-refractivity contribution is 6.32. The van der Waals surface area contributed by atoms with Gasteiger partial charge in [0.1, 0.15) is 23.6 Å². The molecule has 15 nitrogen and oxygen atoms in total. The van der Waals surface area contributed by atoms with Gasteiger partial charge in [-0.3, -0.25) is 33.7 Å². The van der Waals surface area contributed by atoms with E-state index in [1.807, 2.05) is 69.0 Å². The van der Waals surface area contributed by atoms with Crippen LogP contribution in [0.2, 0.25) is 10.0 Å². The second kappa shape index (κ2) is 29.2. The van der Waals surface area contributed by atoms with Gasteiger partial charge in [-0.25, -0.2) is 0 Å². The van der Waals surface area contributed by atoms with Crippen LogP contribution in [0.1, 0.15) is 105 Å². The van der Waals surface area contributed by atoms with Gasteiger partial charge in [0.05, 0.1) is 22.3 Å². The zero-order valence-electron chi connectivity index (χ0n) is 41.8. The van der Waals surface area contributed by atoms with Crippen LogP contribution >= 0.6 is 23.2 Å². The molecule has 1 unspecified atom stereocenters. The Hall–Kier alpha value is -6.16. The van der Waals surface area contributed by atoms with Crippen molar-refractivity contribution in [1.82, 2.24) is 31.1 Å². The predicted octanol–water partition coefficient (Wildman–Crippen LogP) is 8.17. The van der Waals surface area contributed by atoms with E-state index in [9.17, 15) is 24.0 Å². The van der Waals surface area contributed by atoms with Crippen molar-refractivity contribution >= 4 is 58.7 Å². The van der Waals surface area contributed by atoms with E-state index in [0.717, 1.165) is 51.4 Å². The molecule has 17 heteroatoms. The number of likely N-dealkylation sites (tertiary alicyclic amines) is 2. The first kappa shape index (κ1) is 57.4. The van der Waals surface area contributed by atoms with E-state index in [1.54, 1.807) is 37.4 Å². The molecule has 5 amide bonds. The Morgan fingerprint density at radius 3 is 1.44 bits per heavy atom. The van der Waals surface area contributed by atoms with Crippen LogP contribution in [-0.4, -0.2) is 108 Å². The number of carbonyl (C=O) groups is 6. The number of rotatable bonds is 18. The standard InChI is InChI=1S/C26H32ClN3O4.C26H34ClN3O3.C2H4O2/c1-17(2)34-23-10-9-20(15-21(23)27)25(32)29-22(26(33)28-3)13-19-11-12-30(24(31)14-19)16-18-7-5-4-6-8-18;1-18(2)33-24-10-9-21(16-22(24)27)25(31)29-23(26(32)28-3)15-19-11-13-30(14-12-19)17-20-7-5-4-6-8-20;1-2(3)4/h4-10,15,17,19,22H,11-14,16H2,1-3H3,(H,28,33)(H,29,32);4-10,16,18-19,23H,11-15,17H2,1-3H3,(H,28,32)(H,29,31);1H3,(H,3,4)/t19?,22-;23-;/m00./s1. The maximum Gasteiger partial charge on any atom is 0.300 e. The number of carboxylic acid groups (broad SMARTS) is 1. The summed E-state index contributed by atoms with van der Waals surface area (Å²) in [6.45, 7) is 12.8. The third-order valence-electron chi connectivity index (χ3n) is 11.8. The lowest BCUT2D eigenvalue weighted by Gasteiger charge is -2.33. The highest BCUT2D eigenvalue weighted by atomic mass is 35.5. The smallest absolute Gasteiger partial charge is 0.300 e. The Morgan fingerprint density at radius 2 is 1.04 bits per heavy atom. The van der Waals surface area contributed by atoms with Crippen molar-refractivity contribution in [2.45, 2.75) is 111 Å². The van der Waals surface area contributed by atoms with E-state index in [1.165, 1.54) is 18.7 Å². The van der Waals surface area contributed by atoms with E-state index in [4.69, 9.17) is 42.6 Å². The van der Waals surface area contributed by atoms with E-state index >= 15 is 0 Å².